The number of benzene rings is 2. The lowest BCUT2D eigenvalue weighted by Gasteiger charge is -2.11. The van der Waals surface area contributed by atoms with E-state index in [1.165, 1.54) is 12.1 Å². The van der Waals surface area contributed by atoms with Crippen LogP contribution in [0.15, 0.2) is 66.7 Å². The molecule has 0 saturated carbocycles. The van der Waals surface area contributed by atoms with E-state index in [0.717, 1.165) is 5.56 Å². The zero-order chi connectivity index (χ0) is 19.1. The number of rotatable bonds is 6. The molecule has 0 bridgehead atoms. The molecule has 0 aliphatic heterocycles. The van der Waals surface area contributed by atoms with Gasteiger partial charge in [0.05, 0.1) is 5.69 Å². The van der Waals surface area contributed by atoms with Crippen molar-refractivity contribution in [3.05, 3.63) is 78.1 Å². The van der Waals surface area contributed by atoms with Crippen molar-refractivity contribution in [2.75, 3.05) is 22.9 Å². The first-order chi connectivity index (χ1) is 13.1. The monoisotopic (exact) mass is 366 g/mol. The van der Waals surface area contributed by atoms with E-state index >= 15 is 0 Å². The summed E-state index contributed by atoms with van der Waals surface area (Å²) in [6.45, 7) is 0.612. The van der Waals surface area contributed by atoms with Gasteiger partial charge in [0.2, 0.25) is 0 Å². The van der Waals surface area contributed by atoms with Gasteiger partial charge in [0.1, 0.15) is 23.2 Å². The third-order valence-corrected chi connectivity index (χ3v) is 3.75. The van der Waals surface area contributed by atoms with Crippen LogP contribution in [0, 0.1) is 5.82 Å². The molecule has 3 aromatic rings. The molecule has 1 aromatic heterocycles. The summed E-state index contributed by atoms with van der Waals surface area (Å²) in [7, 11) is 0. The molecule has 0 aliphatic carbocycles. The number of hydrogen-bond donors (Lipinski definition) is 3. The fourth-order valence-corrected chi connectivity index (χ4v) is 2.40. The topological polar surface area (TPSA) is 89.3 Å². The molecule has 0 fully saturated rings. The normalized spacial score (nSPS) is 10.3. The fourth-order valence-electron chi connectivity index (χ4n) is 2.40. The number of ether oxygens (including phenoxy) is 1. The minimum absolute atomic E-state index is 0.173. The second-order valence-electron chi connectivity index (χ2n) is 5.76. The number of amides is 1. The highest BCUT2D eigenvalue weighted by atomic mass is 19.1. The quantitative estimate of drug-likeness (QED) is 0.612. The maximum absolute atomic E-state index is 12.9. The molecular formula is C20H19FN4O2. The first-order valence-corrected chi connectivity index (χ1v) is 8.39. The van der Waals surface area contributed by atoms with Crippen LogP contribution in [-0.2, 0) is 6.42 Å². The van der Waals surface area contributed by atoms with Gasteiger partial charge in [-0.15, -0.1) is 0 Å². The van der Waals surface area contributed by atoms with Gasteiger partial charge in [-0.25, -0.2) is 14.2 Å². The molecule has 0 spiro atoms. The van der Waals surface area contributed by atoms with Crippen LogP contribution in [0.3, 0.4) is 0 Å². The third kappa shape index (κ3) is 5.43. The Labute approximate surface area is 156 Å². The van der Waals surface area contributed by atoms with E-state index in [1.807, 2.05) is 6.07 Å². The van der Waals surface area contributed by atoms with Gasteiger partial charge < -0.3 is 15.8 Å². The Hall–Kier alpha value is -3.61. The number of carbonyl (C=O) groups excluding carboxylic acids is 1. The summed E-state index contributed by atoms with van der Waals surface area (Å²) in [4.78, 5) is 16.1. The third-order valence-electron chi connectivity index (χ3n) is 3.75. The molecule has 0 unspecified atom stereocenters. The van der Waals surface area contributed by atoms with Crippen molar-refractivity contribution < 1.29 is 13.9 Å². The Morgan fingerprint density at radius 1 is 1.04 bits per heavy atom. The Morgan fingerprint density at radius 3 is 2.48 bits per heavy atom. The number of nitrogens with zero attached hydrogens (tertiary/aromatic N) is 1. The zero-order valence-corrected chi connectivity index (χ0v) is 14.5. The molecular weight excluding hydrogens is 347 g/mol. The Morgan fingerprint density at radius 2 is 1.78 bits per heavy atom. The SMILES string of the molecule is Nc1nc(NCCc2ccc(F)cc2)ccc1NC(=O)Oc1ccccc1. The van der Waals surface area contributed by atoms with Gasteiger partial charge >= 0.3 is 6.09 Å². The van der Waals surface area contributed by atoms with Gasteiger partial charge in [-0.2, -0.15) is 0 Å². The number of aromatic nitrogens is 1. The molecule has 0 atom stereocenters. The number of hydrogen-bond acceptors (Lipinski definition) is 5. The first kappa shape index (κ1) is 18.2. The highest BCUT2D eigenvalue weighted by Crippen LogP contribution is 2.19. The summed E-state index contributed by atoms with van der Waals surface area (Å²) in [6.07, 6.45) is 0.0670. The molecule has 0 aliphatic rings. The molecule has 0 radical (unpaired) electrons. The van der Waals surface area contributed by atoms with Crippen molar-refractivity contribution in [2.24, 2.45) is 0 Å². The van der Waals surface area contributed by atoms with Crippen molar-refractivity contribution in [1.29, 1.82) is 0 Å². The van der Waals surface area contributed by atoms with Crippen LogP contribution in [0.2, 0.25) is 0 Å². The van der Waals surface area contributed by atoms with E-state index in [2.05, 4.69) is 15.6 Å². The first-order valence-electron chi connectivity index (χ1n) is 8.39. The van der Waals surface area contributed by atoms with Gasteiger partial charge in [0.15, 0.2) is 0 Å². The van der Waals surface area contributed by atoms with E-state index in [0.29, 0.717) is 30.2 Å². The Balaban J connectivity index is 1.52. The molecule has 2 aromatic carbocycles. The highest BCUT2D eigenvalue weighted by molar-refractivity contribution is 5.89. The number of halogens is 1. The molecule has 6 nitrogen and oxygen atoms in total. The van der Waals surface area contributed by atoms with Gasteiger partial charge in [0.25, 0.3) is 0 Å². The summed E-state index contributed by atoms with van der Waals surface area (Å²) in [5.41, 5.74) is 7.27. The van der Waals surface area contributed by atoms with Crippen LogP contribution in [0.5, 0.6) is 5.75 Å². The standard InChI is InChI=1S/C20H19FN4O2/c21-15-8-6-14(7-9-15)12-13-23-18-11-10-17(19(22)25-18)24-20(26)27-16-4-2-1-3-5-16/h1-11H,12-13H2,(H,24,26)(H3,22,23,25). The van der Waals surface area contributed by atoms with Crippen molar-refractivity contribution in [3.63, 3.8) is 0 Å². The van der Waals surface area contributed by atoms with Crippen LogP contribution >= 0.6 is 0 Å². The molecule has 3 rings (SSSR count). The van der Waals surface area contributed by atoms with Crippen LogP contribution in [0.25, 0.3) is 0 Å². The number of anilines is 3. The summed E-state index contributed by atoms with van der Waals surface area (Å²) in [6, 6.07) is 18.4. The van der Waals surface area contributed by atoms with E-state index in [9.17, 15) is 9.18 Å². The number of pyridine rings is 1. The smallest absolute Gasteiger partial charge is 0.410 e. The van der Waals surface area contributed by atoms with E-state index in [1.54, 1.807) is 48.5 Å². The van der Waals surface area contributed by atoms with Crippen LogP contribution in [-0.4, -0.2) is 17.6 Å². The minimum atomic E-state index is -0.647. The van der Waals surface area contributed by atoms with Crippen molar-refractivity contribution >= 4 is 23.4 Å². The van der Waals surface area contributed by atoms with Crippen molar-refractivity contribution in [1.82, 2.24) is 4.98 Å². The van der Waals surface area contributed by atoms with E-state index in [4.69, 9.17) is 10.5 Å². The van der Waals surface area contributed by atoms with Crippen LogP contribution in [0.1, 0.15) is 5.56 Å². The summed E-state index contributed by atoms with van der Waals surface area (Å²) in [5, 5.41) is 5.70. The average Bonchev–Trinajstić information content (AvgIpc) is 2.66. The molecule has 138 valence electrons. The zero-order valence-electron chi connectivity index (χ0n) is 14.5. The average molecular weight is 366 g/mol. The summed E-state index contributed by atoms with van der Waals surface area (Å²) in [5.74, 6) is 0.930. The Bertz CT molecular complexity index is 902. The van der Waals surface area contributed by atoms with Crippen LogP contribution < -0.4 is 21.1 Å². The van der Waals surface area contributed by atoms with E-state index in [-0.39, 0.29) is 11.6 Å². The molecule has 27 heavy (non-hydrogen) atoms. The maximum atomic E-state index is 12.9. The van der Waals surface area contributed by atoms with Crippen molar-refractivity contribution in [3.8, 4) is 5.75 Å². The lowest BCUT2D eigenvalue weighted by atomic mass is 10.1. The minimum Gasteiger partial charge on any atom is -0.410 e. The Kier molecular flexibility index (Phi) is 5.84. The van der Waals surface area contributed by atoms with Gasteiger partial charge in [-0.05, 0) is 48.4 Å². The predicted octanol–water partition coefficient (Wildman–Crippen LogP) is 4.07. The highest BCUT2D eigenvalue weighted by Gasteiger charge is 2.09. The lowest BCUT2D eigenvalue weighted by molar-refractivity contribution is 0.215. The van der Waals surface area contributed by atoms with Crippen LogP contribution in [0.4, 0.5) is 26.5 Å². The van der Waals surface area contributed by atoms with Gasteiger partial charge in [0, 0.05) is 6.54 Å². The molecule has 1 heterocycles. The second kappa shape index (κ2) is 8.66. The van der Waals surface area contributed by atoms with Gasteiger partial charge in [-0.1, -0.05) is 30.3 Å². The number of para-hydroxylation sites is 1. The summed E-state index contributed by atoms with van der Waals surface area (Å²) >= 11 is 0. The predicted molar refractivity (Wildman–Crippen MR) is 103 cm³/mol. The number of nitrogens with one attached hydrogen (secondary N) is 2. The fraction of sp³-hybridized carbons (Fsp3) is 0.100. The molecule has 0 saturated heterocycles. The number of nitrogen functional groups attached to an aromatic ring is 1. The molecule has 1 amide bonds. The molecule has 4 N–H and O–H groups in total. The number of carbonyl (C=O) groups is 1. The second-order valence-corrected chi connectivity index (χ2v) is 5.76. The van der Waals surface area contributed by atoms with Crippen molar-refractivity contribution in [2.45, 2.75) is 6.42 Å². The largest absolute Gasteiger partial charge is 0.417 e. The van der Waals surface area contributed by atoms with Gasteiger partial charge in [-0.3, -0.25) is 5.32 Å². The maximum Gasteiger partial charge on any atom is 0.417 e. The van der Waals surface area contributed by atoms with E-state index < -0.39 is 6.09 Å². The lowest BCUT2D eigenvalue weighted by Crippen LogP contribution is -2.18. The summed E-state index contributed by atoms with van der Waals surface area (Å²) < 4.78 is 18.0. The number of nitrogens with two attached hydrogens (primary N) is 1. The molecule has 7 heteroatoms.